The maximum Gasteiger partial charge on any atom is 0.308 e. The van der Waals surface area contributed by atoms with E-state index in [1.807, 2.05) is 39.0 Å². The Labute approximate surface area is 158 Å². The van der Waals surface area contributed by atoms with Crippen molar-refractivity contribution >= 4 is 11.9 Å². The number of ether oxygens (including phenoxy) is 1. The van der Waals surface area contributed by atoms with Gasteiger partial charge < -0.3 is 19.2 Å². The number of benzene rings is 1. The SMILES string of the molecule is Cc1ccc(OCc2ccc(C(=O)N3CC(C(=O)O)CCC3C)o2)c(C)c1. The molecule has 0 spiro atoms. The fraction of sp³-hybridized carbons (Fsp3) is 0.429. The maximum absolute atomic E-state index is 12.8. The van der Waals surface area contributed by atoms with E-state index < -0.39 is 11.9 Å². The minimum Gasteiger partial charge on any atom is -0.485 e. The standard InChI is InChI=1S/C21H25NO5/c1-13-4-8-18(14(2)10-13)26-12-17-7-9-19(27-17)20(23)22-11-16(21(24)25)6-5-15(22)3/h4,7-10,15-16H,5-6,11-12H2,1-3H3,(H,24,25). The first-order valence-corrected chi connectivity index (χ1v) is 9.17. The highest BCUT2D eigenvalue weighted by Crippen LogP contribution is 2.25. The summed E-state index contributed by atoms with van der Waals surface area (Å²) in [5, 5.41) is 9.24. The molecule has 2 heterocycles. The number of hydrogen-bond donors (Lipinski definition) is 1. The molecule has 1 aromatic carbocycles. The van der Waals surface area contributed by atoms with Crippen LogP contribution in [-0.4, -0.2) is 34.5 Å². The number of aliphatic carboxylic acids is 1. The van der Waals surface area contributed by atoms with Crippen molar-refractivity contribution in [2.45, 2.75) is 46.3 Å². The van der Waals surface area contributed by atoms with Crippen molar-refractivity contribution in [2.75, 3.05) is 6.54 Å². The largest absolute Gasteiger partial charge is 0.485 e. The zero-order valence-corrected chi connectivity index (χ0v) is 15.9. The Hall–Kier alpha value is -2.76. The van der Waals surface area contributed by atoms with Crippen LogP contribution in [-0.2, 0) is 11.4 Å². The monoisotopic (exact) mass is 371 g/mol. The van der Waals surface area contributed by atoms with Gasteiger partial charge in [0, 0.05) is 12.6 Å². The van der Waals surface area contributed by atoms with Gasteiger partial charge in [-0.25, -0.2) is 0 Å². The topological polar surface area (TPSA) is 80.0 Å². The number of piperidine rings is 1. The quantitative estimate of drug-likeness (QED) is 0.865. The molecule has 1 aliphatic rings. The Kier molecular flexibility index (Phi) is 5.54. The van der Waals surface area contributed by atoms with Crippen molar-refractivity contribution in [3.63, 3.8) is 0 Å². The van der Waals surface area contributed by atoms with Crippen LogP contribution >= 0.6 is 0 Å². The molecule has 0 aliphatic carbocycles. The van der Waals surface area contributed by atoms with Gasteiger partial charge in [-0.1, -0.05) is 17.7 Å². The third kappa shape index (κ3) is 4.32. The average Bonchev–Trinajstić information content (AvgIpc) is 3.09. The summed E-state index contributed by atoms with van der Waals surface area (Å²) in [5.41, 5.74) is 2.21. The number of carbonyl (C=O) groups excluding carboxylic acids is 1. The molecule has 1 N–H and O–H groups in total. The summed E-state index contributed by atoms with van der Waals surface area (Å²) in [7, 11) is 0. The molecule has 27 heavy (non-hydrogen) atoms. The highest BCUT2D eigenvalue weighted by atomic mass is 16.5. The third-order valence-corrected chi connectivity index (χ3v) is 5.06. The van der Waals surface area contributed by atoms with E-state index in [9.17, 15) is 14.7 Å². The lowest BCUT2D eigenvalue weighted by Gasteiger charge is -2.35. The zero-order valence-electron chi connectivity index (χ0n) is 15.9. The van der Waals surface area contributed by atoms with E-state index in [0.717, 1.165) is 11.3 Å². The van der Waals surface area contributed by atoms with E-state index in [4.69, 9.17) is 9.15 Å². The second kappa shape index (κ2) is 7.86. The van der Waals surface area contributed by atoms with Gasteiger partial charge in [0.1, 0.15) is 18.1 Å². The first-order chi connectivity index (χ1) is 12.8. The molecule has 1 aromatic heterocycles. The number of carboxylic acids is 1. The summed E-state index contributed by atoms with van der Waals surface area (Å²) in [5.74, 6) is -0.107. The number of amides is 1. The molecule has 0 radical (unpaired) electrons. The van der Waals surface area contributed by atoms with Gasteiger partial charge in [-0.15, -0.1) is 0 Å². The zero-order chi connectivity index (χ0) is 19.6. The predicted octanol–water partition coefficient (Wildman–Crippen LogP) is 3.80. The van der Waals surface area contributed by atoms with Crippen LogP contribution in [0.3, 0.4) is 0 Å². The van der Waals surface area contributed by atoms with Crippen molar-refractivity contribution in [1.29, 1.82) is 0 Å². The summed E-state index contributed by atoms with van der Waals surface area (Å²) >= 11 is 0. The fourth-order valence-corrected chi connectivity index (χ4v) is 3.41. The molecule has 1 aliphatic heterocycles. The molecule has 1 saturated heterocycles. The number of aryl methyl sites for hydroxylation is 2. The van der Waals surface area contributed by atoms with Crippen LogP contribution in [0.2, 0.25) is 0 Å². The van der Waals surface area contributed by atoms with Gasteiger partial charge in [0.15, 0.2) is 5.76 Å². The van der Waals surface area contributed by atoms with Gasteiger partial charge in [-0.2, -0.15) is 0 Å². The Morgan fingerprint density at radius 3 is 2.70 bits per heavy atom. The number of carboxylic acid groups (broad SMARTS) is 1. The number of likely N-dealkylation sites (tertiary alicyclic amines) is 1. The van der Waals surface area contributed by atoms with E-state index >= 15 is 0 Å². The van der Waals surface area contributed by atoms with Crippen LogP contribution in [0.1, 0.15) is 47.2 Å². The third-order valence-electron chi connectivity index (χ3n) is 5.06. The predicted molar refractivity (Wildman–Crippen MR) is 99.8 cm³/mol. The molecular weight excluding hydrogens is 346 g/mol. The van der Waals surface area contributed by atoms with Crippen molar-refractivity contribution in [2.24, 2.45) is 5.92 Å². The molecule has 2 aromatic rings. The lowest BCUT2D eigenvalue weighted by atomic mass is 9.93. The molecule has 2 atom stereocenters. The van der Waals surface area contributed by atoms with Crippen LogP contribution in [0.15, 0.2) is 34.7 Å². The Morgan fingerprint density at radius 1 is 1.22 bits per heavy atom. The number of nitrogens with zero attached hydrogens (tertiary/aromatic N) is 1. The van der Waals surface area contributed by atoms with Crippen LogP contribution in [0.5, 0.6) is 5.75 Å². The van der Waals surface area contributed by atoms with Crippen molar-refractivity contribution < 1.29 is 23.8 Å². The van der Waals surface area contributed by atoms with Gasteiger partial charge in [-0.3, -0.25) is 9.59 Å². The number of hydrogen-bond acceptors (Lipinski definition) is 4. The van der Waals surface area contributed by atoms with Gasteiger partial charge in [0.2, 0.25) is 0 Å². The van der Waals surface area contributed by atoms with Crippen LogP contribution in [0.25, 0.3) is 0 Å². The Morgan fingerprint density at radius 2 is 2.00 bits per heavy atom. The highest BCUT2D eigenvalue weighted by molar-refractivity contribution is 5.92. The first-order valence-electron chi connectivity index (χ1n) is 9.17. The molecule has 0 saturated carbocycles. The van der Waals surface area contributed by atoms with Crippen LogP contribution < -0.4 is 4.74 Å². The molecule has 1 amide bonds. The first kappa shape index (κ1) is 19.0. The normalized spacial score (nSPS) is 19.7. The Bertz CT molecular complexity index is 841. The lowest BCUT2D eigenvalue weighted by Crippen LogP contribution is -2.47. The molecule has 1 fully saturated rings. The minimum atomic E-state index is -0.860. The van der Waals surface area contributed by atoms with Gasteiger partial charge >= 0.3 is 5.97 Å². The number of carbonyl (C=O) groups is 2. The summed E-state index contributed by atoms with van der Waals surface area (Å²) in [6.45, 7) is 6.38. The molecule has 2 unspecified atom stereocenters. The lowest BCUT2D eigenvalue weighted by molar-refractivity contribution is -0.143. The molecule has 144 valence electrons. The summed E-state index contributed by atoms with van der Waals surface area (Å²) in [4.78, 5) is 25.6. The average molecular weight is 371 g/mol. The minimum absolute atomic E-state index is 0.00638. The molecular formula is C21H25NO5. The van der Waals surface area contributed by atoms with E-state index in [2.05, 4.69) is 0 Å². The highest BCUT2D eigenvalue weighted by Gasteiger charge is 2.34. The summed E-state index contributed by atoms with van der Waals surface area (Å²) < 4.78 is 11.5. The molecule has 3 rings (SSSR count). The van der Waals surface area contributed by atoms with Crippen LogP contribution in [0.4, 0.5) is 0 Å². The van der Waals surface area contributed by atoms with Gasteiger partial charge in [0.25, 0.3) is 5.91 Å². The molecule has 6 nitrogen and oxygen atoms in total. The van der Waals surface area contributed by atoms with Crippen molar-refractivity contribution in [1.82, 2.24) is 4.90 Å². The van der Waals surface area contributed by atoms with Crippen molar-refractivity contribution in [3.8, 4) is 5.75 Å². The number of furan rings is 1. The summed E-state index contributed by atoms with van der Waals surface area (Å²) in [6.07, 6.45) is 1.26. The van der Waals surface area contributed by atoms with E-state index in [1.54, 1.807) is 17.0 Å². The summed E-state index contributed by atoms with van der Waals surface area (Å²) in [6, 6.07) is 9.29. The maximum atomic E-state index is 12.8. The molecule has 6 heteroatoms. The second-order valence-corrected chi connectivity index (χ2v) is 7.24. The second-order valence-electron chi connectivity index (χ2n) is 7.24. The van der Waals surface area contributed by atoms with E-state index in [1.165, 1.54) is 5.56 Å². The fourth-order valence-electron chi connectivity index (χ4n) is 3.41. The van der Waals surface area contributed by atoms with E-state index in [0.29, 0.717) is 18.6 Å². The molecule has 0 bridgehead atoms. The Balaban J connectivity index is 1.65. The van der Waals surface area contributed by atoms with Crippen molar-refractivity contribution in [3.05, 3.63) is 53.0 Å². The smallest absolute Gasteiger partial charge is 0.308 e. The van der Waals surface area contributed by atoms with Gasteiger partial charge in [-0.05, 0) is 57.4 Å². The van der Waals surface area contributed by atoms with Gasteiger partial charge in [0.05, 0.1) is 5.92 Å². The number of rotatable bonds is 5. The van der Waals surface area contributed by atoms with E-state index in [-0.39, 0.29) is 30.9 Å². The van der Waals surface area contributed by atoms with Crippen LogP contribution in [0, 0.1) is 19.8 Å².